The van der Waals surface area contributed by atoms with Crippen molar-refractivity contribution < 1.29 is 19.2 Å². The minimum atomic E-state index is -0.275. The second kappa shape index (κ2) is 7.28. The van der Waals surface area contributed by atoms with Gasteiger partial charge in [0.05, 0.1) is 5.69 Å². The van der Waals surface area contributed by atoms with E-state index < -0.39 is 0 Å². The molecule has 0 saturated carbocycles. The zero-order chi connectivity index (χ0) is 16.1. The summed E-state index contributed by atoms with van der Waals surface area (Å²) in [4.78, 5) is 13.8. The smallest absolute Gasteiger partial charge is 0.410 e. The highest BCUT2D eigenvalue weighted by Gasteiger charge is 2.26. The number of hydrogen-bond donors (Lipinski definition) is 1. The second-order valence-electron chi connectivity index (χ2n) is 5.68. The van der Waals surface area contributed by atoms with Crippen molar-refractivity contribution in [1.29, 1.82) is 0 Å². The lowest BCUT2D eigenvalue weighted by atomic mass is 9.94. The third-order valence-corrected chi connectivity index (χ3v) is 4.11. The molecular weight excluding hydrogens is 296 g/mol. The number of amides is 1. The number of carbonyl (C=O) groups excluding carboxylic acids is 1. The molecule has 0 aliphatic carbocycles. The summed E-state index contributed by atoms with van der Waals surface area (Å²) in [7, 11) is 0. The lowest BCUT2D eigenvalue weighted by molar-refractivity contribution is 0.0866. The summed E-state index contributed by atoms with van der Waals surface area (Å²) in [6.07, 6.45) is 1.36. The van der Waals surface area contributed by atoms with Crippen molar-refractivity contribution in [3.05, 3.63) is 53.4 Å². The third-order valence-electron chi connectivity index (χ3n) is 4.11. The van der Waals surface area contributed by atoms with Gasteiger partial charge >= 0.3 is 6.09 Å². The molecule has 1 N–H and O–H groups in total. The normalized spacial score (nSPS) is 15.6. The molecule has 0 spiro atoms. The maximum atomic E-state index is 12.1. The molecule has 122 valence electrons. The van der Waals surface area contributed by atoms with E-state index in [9.17, 15) is 4.79 Å². The number of likely N-dealkylation sites (tertiary alicyclic amines) is 1. The SMILES string of the molecule is O=C(OCc1ccccc1)N1CCC(c2cc(CO)on2)CC1. The Morgan fingerprint density at radius 1 is 1.30 bits per heavy atom. The van der Waals surface area contributed by atoms with Crippen LogP contribution in [-0.4, -0.2) is 34.3 Å². The van der Waals surface area contributed by atoms with E-state index in [1.54, 1.807) is 11.0 Å². The number of aromatic nitrogens is 1. The summed E-state index contributed by atoms with van der Waals surface area (Å²) >= 11 is 0. The highest BCUT2D eigenvalue weighted by Crippen LogP contribution is 2.28. The molecule has 0 radical (unpaired) electrons. The van der Waals surface area contributed by atoms with Crippen LogP contribution in [0, 0.1) is 0 Å². The molecule has 6 heteroatoms. The van der Waals surface area contributed by atoms with E-state index in [1.807, 2.05) is 30.3 Å². The molecular formula is C17H20N2O4. The molecule has 1 aliphatic rings. The molecule has 3 rings (SSSR count). The lowest BCUT2D eigenvalue weighted by Gasteiger charge is -2.30. The number of aliphatic hydroxyl groups is 1. The van der Waals surface area contributed by atoms with Crippen LogP contribution in [-0.2, 0) is 18.0 Å². The Morgan fingerprint density at radius 2 is 2.04 bits per heavy atom. The molecule has 6 nitrogen and oxygen atoms in total. The van der Waals surface area contributed by atoms with Crippen molar-refractivity contribution >= 4 is 6.09 Å². The summed E-state index contributed by atoms with van der Waals surface area (Å²) in [5, 5.41) is 13.0. The molecule has 2 aromatic rings. The van der Waals surface area contributed by atoms with Gasteiger partial charge in [-0.05, 0) is 18.4 Å². The fraction of sp³-hybridized carbons (Fsp3) is 0.412. The van der Waals surface area contributed by atoms with Crippen LogP contribution in [0.4, 0.5) is 4.79 Å². The molecule has 23 heavy (non-hydrogen) atoms. The van der Waals surface area contributed by atoms with Crippen LogP contribution >= 0.6 is 0 Å². The zero-order valence-corrected chi connectivity index (χ0v) is 12.9. The van der Waals surface area contributed by atoms with Gasteiger partial charge in [0.2, 0.25) is 0 Å². The van der Waals surface area contributed by atoms with Crippen LogP contribution in [0.3, 0.4) is 0 Å². The van der Waals surface area contributed by atoms with Crippen molar-refractivity contribution in [1.82, 2.24) is 10.1 Å². The standard InChI is InChI=1S/C17H20N2O4/c20-11-15-10-16(18-23-15)14-6-8-19(9-7-14)17(21)22-12-13-4-2-1-3-5-13/h1-5,10,14,20H,6-9,11-12H2. The highest BCUT2D eigenvalue weighted by atomic mass is 16.6. The van der Waals surface area contributed by atoms with Crippen molar-refractivity contribution in [2.24, 2.45) is 0 Å². The number of aliphatic hydroxyl groups excluding tert-OH is 1. The number of piperidine rings is 1. The van der Waals surface area contributed by atoms with Crippen LogP contribution in [0.5, 0.6) is 0 Å². The Labute approximate surface area is 134 Å². The van der Waals surface area contributed by atoms with Gasteiger partial charge < -0.3 is 19.3 Å². The van der Waals surface area contributed by atoms with Gasteiger partial charge in [-0.25, -0.2) is 4.79 Å². The number of nitrogens with zero attached hydrogens (tertiary/aromatic N) is 2. The number of ether oxygens (including phenoxy) is 1. The minimum Gasteiger partial charge on any atom is -0.445 e. The molecule has 1 fully saturated rings. The molecule has 0 bridgehead atoms. The third kappa shape index (κ3) is 3.90. The zero-order valence-electron chi connectivity index (χ0n) is 12.9. The fourth-order valence-electron chi connectivity index (χ4n) is 2.76. The van der Waals surface area contributed by atoms with E-state index in [-0.39, 0.29) is 18.6 Å². The van der Waals surface area contributed by atoms with Gasteiger partial charge in [-0.3, -0.25) is 0 Å². The van der Waals surface area contributed by atoms with E-state index >= 15 is 0 Å². The number of hydrogen-bond acceptors (Lipinski definition) is 5. The molecule has 1 aliphatic heterocycles. The monoisotopic (exact) mass is 316 g/mol. The van der Waals surface area contributed by atoms with Crippen LogP contribution in [0.15, 0.2) is 40.9 Å². The van der Waals surface area contributed by atoms with Gasteiger partial charge in [0.1, 0.15) is 13.2 Å². The lowest BCUT2D eigenvalue weighted by Crippen LogP contribution is -2.38. The highest BCUT2D eigenvalue weighted by molar-refractivity contribution is 5.67. The molecule has 0 unspecified atom stereocenters. The van der Waals surface area contributed by atoms with Crippen LogP contribution in [0.1, 0.15) is 35.8 Å². The Hall–Kier alpha value is -2.34. The molecule has 1 aromatic heterocycles. The van der Waals surface area contributed by atoms with E-state index in [2.05, 4.69) is 5.16 Å². The fourth-order valence-corrected chi connectivity index (χ4v) is 2.76. The predicted molar refractivity (Wildman–Crippen MR) is 82.6 cm³/mol. The molecule has 0 atom stereocenters. The Kier molecular flexibility index (Phi) is 4.92. The van der Waals surface area contributed by atoms with Gasteiger partial charge in [-0.2, -0.15) is 0 Å². The average Bonchev–Trinajstić information content (AvgIpc) is 3.10. The van der Waals surface area contributed by atoms with Gasteiger partial charge in [-0.1, -0.05) is 35.5 Å². The summed E-state index contributed by atoms with van der Waals surface area (Å²) in [5.41, 5.74) is 1.83. The topological polar surface area (TPSA) is 75.8 Å². The van der Waals surface area contributed by atoms with Gasteiger partial charge in [0.25, 0.3) is 0 Å². The average molecular weight is 316 g/mol. The summed E-state index contributed by atoms with van der Waals surface area (Å²) in [5.74, 6) is 0.738. The minimum absolute atomic E-state index is 0.141. The van der Waals surface area contributed by atoms with Crippen LogP contribution in [0.25, 0.3) is 0 Å². The molecule has 1 saturated heterocycles. The molecule has 1 aromatic carbocycles. The van der Waals surface area contributed by atoms with E-state index in [0.717, 1.165) is 24.1 Å². The van der Waals surface area contributed by atoms with E-state index in [4.69, 9.17) is 14.4 Å². The molecule has 1 amide bonds. The first kappa shape index (κ1) is 15.6. The number of rotatable bonds is 4. The van der Waals surface area contributed by atoms with Crippen molar-refractivity contribution in [3.8, 4) is 0 Å². The second-order valence-corrected chi connectivity index (χ2v) is 5.68. The van der Waals surface area contributed by atoms with Crippen molar-refractivity contribution in [2.75, 3.05) is 13.1 Å². The number of carbonyl (C=O) groups is 1. The van der Waals surface area contributed by atoms with E-state index in [0.29, 0.717) is 25.5 Å². The number of benzene rings is 1. The maximum absolute atomic E-state index is 12.1. The van der Waals surface area contributed by atoms with Gasteiger partial charge in [0, 0.05) is 25.1 Å². The Bertz CT molecular complexity index is 633. The van der Waals surface area contributed by atoms with Crippen LogP contribution in [0.2, 0.25) is 0 Å². The Morgan fingerprint density at radius 3 is 2.70 bits per heavy atom. The van der Waals surface area contributed by atoms with E-state index in [1.165, 1.54) is 0 Å². The first-order valence-electron chi connectivity index (χ1n) is 7.78. The summed E-state index contributed by atoms with van der Waals surface area (Å²) < 4.78 is 10.4. The Balaban J connectivity index is 1.47. The first-order chi connectivity index (χ1) is 11.3. The van der Waals surface area contributed by atoms with Gasteiger partial charge in [-0.15, -0.1) is 0 Å². The largest absolute Gasteiger partial charge is 0.445 e. The van der Waals surface area contributed by atoms with Gasteiger partial charge in [0.15, 0.2) is 5.76 Å². The quantitative estimate of drug-likeness (QED) is 0.938. The maximum Gasteiger partial charge on any atom is 0.410 e. The summed E-state index contributed by atoms with van der Waals surface area (Å²) in [6, 6.07) is 11.4. The van der Waals surface area contributed by atoms with Crippen molar-refractivity contribution in [2.45, 2.75) is 32.0 Å². The predicted octanol–water partition coefficient (Wildman–Crippen LogP) is 2.68. The van der Waals surface area contributed by atoms with Crippen LogP contribution < -0.4 is 0 Å². The first-order valence-corrected chi connectivity index (χ1v) is 7.78. The van der Waals surface area contributed by atoms with Crippen molar-refractivity contribution in [3.63, 3.8) is 0 Å². The molecule has 2 heterocycles. The summed E-state index contributed by atoms with van der Waals surface area (Å²) in [6.45, 7) is 1.43.